The number of carbonyl (C=O) groups is 1. The zero-order valence-corrected chi connectivity index (χ0v) is 12.0. The Hall–Kier alpha value is -1.19. The van der Waals surface area contributed by atoms with Crippen molar-refractivity contribution in [3.63, 3.8) is 0 Å². The Balaban J connectivity index is 2.04. The number of ether oxygens (including phenoxy) is 1. The lowest BCUT2D eigenvalue weighted by Gasteiger charge is -2.07. The van der Waals surface area contributed by atoms with Crippen LogP contribution in [0.5, 0.6) is 0 Å². The van der Waals surface area contributed by atoms with Gasteiger partial charge in [-0.05, 0) is 19.8 Å². The van der Waals surface area contributed by atoms with Crippen molar-refractivity contribution in [3.05, 3.63) is 11.1 Å². The fraction of sp³-hybridized carbons (Fsp3) is 0.600. The van der Waals surface area contributed by atoms with Gasteiger partial charge in [-0.25, -0.2) is 18.2 Å². The average Bonchev–Trinajstić information content (AvgIpc) is 3.11. The van der Waals surface area contributed by atoms with Crippen molar-refractivity contribution in [2.24, 2.45) is 5.73 Å². The Kier molecular flexibility index (Phi) is 4.07. The van der Waals surface area contributed by atoms with Gasteiger partial charge in [0.1, 0.15) is 6.04 Å². The van der Waals surface area contributed by atoms with Crippen molar-refractivity contribution in [2.75, 3.05) is 11.3 Å². The van der Waals surface area contributed by atoms with Crippen LogP contribution < -0.4 is 10.5 Å². The summed E-state index contributed by atoms with van der Waals surface area (Å²) in [7, 11) is -3.34. The van der Waals surface area contributed by atoms with Gasteiger partial charge in [0.25, 0.3) is 0 Å². The standard InChI is InChI=1S/C10H15N3O4S2/c1-2-17-9(14)8(11)7-5-18-10(12-7)13-19(15,16)6-3-4-6/h5-6,8H,2-4,11H2,1H3,(H,12,13). The van der Waals surface area contributed by atoms with Crippen LogP contribution in [0.3, 0.4) is 0 Å². The summed E-state index contributed by atoms with van der Waals surface area (Å²) in [5.41, 5.74) is 5.97. The van der Waals surface area contributed by atoms with Crippen molar-refractivity contribution in [1.29, 1.82) is 0 Å². The SMILES string of the molecule is CCOC(=O)C(N)c1csc(NS(=O)(=O)C2CC2)n1. The molecule has 1 unspecified atom stereocenters. The van der Waals surface area contributed by atoms with Gasteiger partial charge in [0.15, 0.2) is 5.13 Å². The second-order valence-corrected chi connectivity index (χ2v) is 6.97. The molecule has 19 heavy (non-hydrogen) atoms. The molecule has 106 valence electrons. The average molecular weight is 305 g/mol. The summed E-state index contributed by atoms with van der Waals surface area (Å²) in [6.45, 7) is 1.92. The van der Waals surface area contributed by atoms with Crippen LogP contribution in [0.2, 0.25) is 0 Å². The van der Waals surface area contributed by atoms with E-state index in [1.165, 1.54) is 0 Å². The van der Waals surface area contributed by atoms with Gasteiger partial charge in [-0.3, -0.25) is 4.72 Å². The topological polar surface area (TPSA) is 111 Å². The normalized spacial score (nSPS) is 16.9. The van der Waals surface area contributed by atoms with Crippen molar-refractivity contribution >= 4 is 32.5 Å². The minimum Gasteiger partial charge on any atom is -0.465 e. The highest BCUT2D eigenvalue weighted by Crippen LogP contribution is 2.30. The van der Waals surface area contributed by atoms with E-state index in [4.69, 9.17) is 10.5 Å². The van der Waals surface area contributed by atoms with Crippen LogP contribution in [0.15, 0.2) is 5.38 Å². The number of anilines is 1. The van der Waals surface area contributed by atoms with Crippen LogP contribution in [-0.2, 0) is 19.6 Å². The van der Waals surface area contributed by atoms with E-state index in [0.29, 0.717) is 18.5 Å². The smallest absolute Gasteiger partial charge is 0.329 e. The van der Waals surface area contributed by atoms with Crippen LogP contribution in [0, 0.1) is 0 Å². The Morgan fingerprint density at radius 3 is 2.95 bits per heavy atom. The summed E-state index contributed by atoms with van der Waals surface area (Å²) in [4.78, 5) is 15.4. The fourth-order valence-electron chi connectivity index (χ4n) is 1.41. The first-order chi connectivity index (χ1) is 8.94. The van der Waals surface area contributed by atoms with Gasteiger partial charge in [0.05, 0.1) is 17.6 Å². The molecule has 1 aromatic rings. The van der Waals surface area contributed by atoms with E-state index < -0.39 is 22.0 Å². The Morgan fingerprint density at radius 2 is 2.37 bits per heavy atom. The highest BCUT2D eigenvalue weighted by Gasteiger charge is 2.36. The molecule has 1 aliphatic rings. The van der Waals surface area contributed by atoms with Gasteiger partial charge in [0.2, 0.25) is 10.0 Å². The first-order valence-corrected chi connectivity index (χ1v) is 8.26. The summed E-state index contributed by atoms with van der Waals surface area (Å²) in [5.74, 6) is -0.579. The first-order valence-electron chi connectivity index (χ1n) is 5.83. The second kappa shape index (κ2) is 5.43. The molecule has 0 spiro atoms. The zero-order chi connectivity index (χ0) is 14.0. The molecule has 0 amide bonds. The third-order valence-electron chi connectivity index (χ3n) is 2.57. The molecular formula is C10H15N3O4S2. The van der Waals surface area contributed by atoms with E-state index in [1.54, 1.807) is 12.3 Å². The molecule has 1 aromatic heterocycles. The number of sulfonamides is 1. The molecule has 1 fully saturated rings. The number of hydrogen-bond acceptors (Lipinski definition) is 7. The lowest BCUT2D eigenvalue weighted by Crippen LogP contribution is -2.24. The molecule has 2 rings (SSSR count). The van der Waals surface area contributed by atoms with E-state index in [1.807, 2.05) is 0 Å². The number of nitrogens with two attached hydrogens (primary N) is 1. The van der Waals surface area contributed by atoms with Gasteiger partial charge >= 0.3 is 5.97 Å². The number of hydrogen-bond donors (Lipinski definition) is 2. The molecule has 9 heteroatoms. The van der Waals surface area contributed by atoms with Crippen LogP contribution in [0.25, 0.3) is 0 Å². The maximum Gasteiger partial charge on any atom is 0.329 e. The van der Waals surface area contributed by atoms with E-state index in [2.05, 4.69) is 9.71 Å². The van der Waals surface area contributed by atoms with Crippen LogP contribution in [0.1, 0.15) is 31.5 Å². The Morgan fingerprint density at radius 1 is 1.68 bits per heavy atom. The van der Waals surface area contributed by atoms with E-state index in [9.17, 15) is 13.2 Å². The molecule has 0 aromatic carbocycles. The molecule has 3 N–H and O–H groups in total. The molecule has 1 heterocycles. The highest BCUT2D eigenvalue weighted by molar-refractivity contribution is 7.93. The number of thiazole rings is 1. The maximum atomic E-state index is 11.7. The summed E-state index contributed by atoms with van der Waals surface area (Å²) in [5, 5.41) is 1.45. The van der Waals surface area contributed by atoms with Gasteiger partial charge in [-0.1, -0.05) is 0 Å². The van der Waals surface area contributed by atoms with Crippen LogP contribution in [0.4, 0.5) is 5.13 Å². The molecule has 0 radical (unpaired) electrons. The third kappa shape index (κ3) is 3.43. The van der Waals surface area contributed by atoms with E-state index in [0.717, 1.165) is 11.3 Å². The number of aromatic nitrogens is 1. The van der Waals surface area contributed by atoms with Gasteiger partial charge in [0, 0.05) is 5.38 Å². The second-order valence-electron chi connectivity index (χ2n) is 4.15. The molecule has 1 atom stereocenters. The summed E-state index contributed by atoms with van der Waals surface area (Å²) in [6.07, 6.45) is 1.35. The fourth-order valence-corrected chi connectivity index (χ4v) is 3.76. The largest absolute Gasteiger partial charge is 0.465 e. The molecule has 0 aliphatic heterocycles. The molecule has 1 aliphatic carbocycles. The molecule has 1 saturated carbocycles. The quantitative estimate of drug-likeness (QED) is 0.745. The van der Waals surface area contributed by atoms with Crippen molar-refractivity contribution in [2.45, 2.75) is 31.1 Å². The summed E-state index contributed by atoms with van der Waals surface area (Å²) >= 11 is 1.10. The lowest BCUT2D eigenvalue weighted by molar-refractivity contribution is -0.144. The Labute approximate surface area is 115 Å². The minimum atomic E-state index is -3.34. The van der Waals surface area contributed by atoms with Crippen molar-refractivity contribution in [3.8, 4) is 0 Å². The third-order valence-corrected chi connectivity index (χ3v) is 5.31. The Bertz CT molecular complexity index is 565. The van der Waals surface area contributed by atoms with E-state index >= 15 is 0 Å². The van der Waals surface area contributed by atoms with Crippen LogP contribution >= 0.6 is 11.3 Å². The predicted molar refractivity (Wildman–Crippen MR) is 71.2 cm³/mol. The first kappa shape index (κ1) is 14.2. The molecule has 7 nitrogen and oxygen atoms in total. The molecular weight excluding hydrogens is 290 g/mol. The monoisotopic (exact) mass is 305 g/mol. The number of carbonyl (C=O) groups excluding carboxylic acids is 1. The summed E-state index contributed by atoms with van der Waals surface area (Å²) < 4.78 is 30.6. The number of nitrogens with zero attached hydrogens (tertiary/aromatic N) is 1. The van der Waals surface area contributed by atoms with E-state index in [-0.39, 0.29) is 17.0 Å². The van der Waals surface area contributed by atoms with Gasteiger partial charge in [-0.15, -0.1) is 11.3 Å². The molecule has 0 bridgehead atoms. The minimum absolute atomic E-state index is 0.224. The number of esters is 1. The predicted octanol–water partition coefficient (Wildman–Crippen LogP) is 0.610. The summed E-state index contributed by atoms with van der Waals surface area (Å²) in [6, 6.07) is -0.990. The van der Waals surface area contributed by atoms with Crippen molar-refractivity contribution < 1.29 is 17.9 Å². The van der Waals surface area contributed by atoms with Crippen LogP contribution in [-0.4, -0.2) is 31.2 Å². The number of rotatable bonds is 6. The van der Waals surface area contributed by atoms with Gasteiger partial charge in [-0.2, -0.15) is 0 Å². The highest BCUT2D eigenvalue weighted by atomic mass is 32.2. The zero-order valence-electron chi connectivity index (χ0n) is 10.3. The number of nitrogens with one attached hydrogen (secondary N) is 1. The maximum absolute atomic E-state index is 11.7. The lowest BCUT2D eigenvalue weighted by atomic mass is 10.2. The molecule has 0 saturated heterocycles. The van der Waals surface area contributed by atoms with Crippen molar-refractivity contribution in [1.82, 2.24) is 4.98 Å². The van der Waals surface area contributed by atoms with Gasteiger partial charge < -0.3 is 10.5 Å².